The number of aliphatic carboxylic acids is 1. The molecule has 0 saturated carbocycles. The van der Waals surface area contributed by atoms with Gasteiger partial charge in [0.1, 0.15) is 13.2 Å². The van der Waals surface area contributed by atoms with Crippen LogP contribution in [0.15, 0.2) is 85.1 Å². The van der Waals surface area contributed by atoms with Crippen molar-refractivity contribution in [2.75, 3.05) is 47.5 Å². The zero-order valence-electron chi connectivity index (χ0n) is 48.4. The molecule has 426 valence electrons. The average Bonchev–Trinajstić information content (AvgIpc) is 3.37. The summed E-state index contributed by atoms with van der Waals surface area (Å²) in [6, 6.07) is 0. The number of nitrogens with zero attached hydrogens (tertiary/aromatic N) is 1. The van der Waals surface area contributed by atoms with E-state index in [1.807, 2.05) is 21.1 Å². The molecule has 0 rings (SSSR count). The molecule has 0 heterocycles. The van der Waals surface area contributed by atoms with Gasteiger partial charge in [0.05, 0.1) is 40.3 Å². The maximum atomic E-state index is 12.9. The van der Waals surface area contributed by atoms with Gasteiger partial charge in [0.15, 0.2) is 12.4 Å². The monoisotopic (exact) mass is 1040 g/mol. The summed E-state index contributed by atoms with van der Waals surface area (Å²) in [5, 5.41) is 11.8. The van der Waals surface area contributed by atoms with Crippen LogP contribution in [0.4, 0.5) is 0 Å². The molecule has 2 unspecified atom stereocenters. The highest BCUT2D eigenvalue weighted by Gasteiger charge is 2.22. The summed E-state index contributed by atoms with van der Waals surface area (Å²) >= 11 is 0. The predicted molar refractivity (Wildman–Crippen MR) is 311 cm³/mol. The van der Waals surface area contributed by atoms with Crippen LogP contribution < -0.4 is 5.11 Å². The molecule has 0 aliphatic rings. The van der Waals surface area contributed by atoms with Gasteiger partial charge in [0.25, 0.3) is 0 Å². The van der Waals surface area contributed by atoms with E-state index in [-0.39, 0.29) is 32.2 Å². The minimum absolute atomic E-state index is 0.147. The highest BCUT2D eigenvalue weighted by molar-refractivity contribution is 5.70. The lowest BCUT2D eigenvalue weighted by atomic mass is 10.0. The number of quaternary nitrogens is 1. The molecule has 0 aromatic rings. The van der Waals surface area contributed by atoms with Crippen LogP contribution in [-0.2, 0) is 33.3 Å². The fraction of sp³-hybridized carbons (Fsp3) is 0.738. The molecule has 0 bridgehead atoms. The van der Waals surface area contributed by atoms with Gasteiger partial charge in [-0.1, -0.05) is 253 Å². The maximum absolute atomic E-state index is 12.9. The third-order valence-electron chi connectivity index (χ3n) is 12.9. The molecule has 9 nitrogen and oxygen atoms in total. The Labute approximate surface area is 455 Å². The number of rotatable bonds is 55. The maximum Gasteiger partial charge on any atom is 0.306 e. The molecule has 0 amide bonds. The predicted octanol–water partition coefficient (Wildman–Crippen LogP) is 16.6. The molecule has 0 N–H and O–H groups in total. The highest BCUT2D eigenvalue weighted by Crippen LogP contribution is 2.16. The van der Waals surface area contributed by atoms with Crippen molar-refractivity contribution in [1.29, 1.82) is 0 Å². The Balaban J connectivity index is 4.06. The first-order chi connectivity index (χ1) is 36.1. The number of likely N-dealkylation sites (N-methyl/N-ethyl adjacent to an activating group) is 1. The minimum atomic E-state index is -1.62. The summed E-state index contributed by atoms with van der Waals surface area (Å²) in [6.07, 6.45) is 70.8. The molecule has 0 aromatic carbocycles. The summed E-state index contributed by atoms with van der Waals surface area (Å²) in [5.74, 6) is -2.28. The summed E-state index contributed by atoms with van der Waals surface area (Å²) in [7, 11) is 5.92. The zero-order chi connectivity index (χ0) is 54.1. The van der Waals surface area contributed by atoms with E-state index in [0.29, 0.717) is 23.9 Å². The first-order valence-corrected chi connectivity index (χ1v) is 30.2. The van der Waals surface area contributed by atoms with Crippen LogP contribution in [0.5, 0.6) is 0 Å². The molecule has 0 aliphatic heterocycles. The van der Waals surface area contributed by atoms with E-state index < -0.39 is 24.3 Å². The SMILES string of the molecule is CC/C=C\C/C=C\C/C=C\C/C=C\C/C=C\C/C=C\C/C=C\CCCCCCCCCCCCCCCCCC(=O)OC(COC(=O)CCCCCCCCCCCCCC)COC(OCC[N+](C)(C)C)C(=O)[O-]. The van der Waals surface area contributed by atoms with Crippen molar-refractivity contribution in [3.05, 3.63) is 85.1 Å². The Bertz CT molecular complexity index is 1490. The molecule has 74 heavy (non-hydrogen) atoms. The second kappa shape index (κ2) is 55.7. The number of esters is 2. The van der Waals surface area contributed by atoms with Crippen LogP contribution in [0.2, 0.25) is 0 Å². The van der Waals surface area contributed by atoms with Crippen LogP contribution in [0.25, 0.3) is 0 Å². The van der Waals surface area contributed by atoms with Gasteiger partial charge in [-0.25, -0.2) is 0 Å². The molecule has 0 fully saturated rings. The molecular weight excluding hydrogens is 923 g/mol. The number of carboxylic acid groups (broad SMARTS) is 1. The van der Waals surface area contributed by atoms with Gasteiger partial charge in [-0.2, -0.15) is 0 Å². The van der Waals surface area contributed by atoms with Crippen molar-refractivity contribution >= 4 is 17.9 Å². The largest absolute Gasteiger partial charge is 0.545 e. The number of ether oxygens (including phenoxy) is 4. The lowest BCUT2D eigenvalue weighted by Gasteiger charge is -2.26. The smallest absolute Gasteiger partial charge is 0.306 e. The van der Waals surface area contributed by atoms with E-state index in [1.165, 1.54) is 135 Å². The molecule has 0 aromatic heterocycles. The van der Waals surface area contributed by atoms with Crippen molar-refractivity contribution in [2.24, 2.45) is 0 Å². The van der Waals surface area contributed by atoms with Crippen molar-refractivity contribution in [3.63, 3.8) is 0 Å². The normalized spacial score (nSPS) is 13.4. The van der Waals surface area contributed by atoms with Crippen molar-refractivity contribution in [1.82, 2.24) is 0 Å². The van der Waals surface area contributed by atoms with Gasteiger partial charge in [-0.3, -0.25) is 9.59 Å². The molecule has 2 atom stereocenters. The Kier molecular flexibility index (Phi) is 53.0. The van der Waals surface area contributed by atoms with Crippen LogP contribution in [0.3, 0.4) is 0 Å². The van der Waals surface area contributed by atoms with Gasteiger partial charge in [0, 0.05) is 12.8 Å². The second-order valence-electron chi connectivity index (χ2n) is 21.3. The topological polar surface area (TPSA) is 111 Å². The number of carbonyl (C=O) groups excluding carboxylic acids is 3. The molecule has 9 heteroatoms. The second-order valence-corrected chi connectivity index (χ2v) is 21.3. The summed E-state index contributed by atoms with van der Waals surface area (Å²) < 4.78 is 22.7. The van der Waals surface area contributed by atoms with E-state index in [4.69, 9.17) is 18.9 Å². The highest BCUT2D eigenvalue weighted by atomic mass is 16.7. The number of hydrogen-bond acceptors (Lipinski definition) is 8. The first kappa shape index (κ1) is 70.5. The average molecular weight is 1040 g/mol. The van der Waals surface area contributed by atoms with Crippen molar-refractivity contribution in [3.8, 4) is 0 Å². The molecule has 0 spiro atoms. The van der Waals surface area contributed by atoms with Crippen molar-refractivity contribution < 1.29 is 42.9 Å². The molecule has 0 aliphatic carbocycles. The fourth-order valence-electron chi connectivity index (χ4n) is 8.28. The van der Waals surface area contributed by atoms with E-state index >= 15 is 0 Å². The fourth-order valence-corrected chi connectivity index (χ4v) is 8.28. The summed E-state index contributed by atoms with van der Waals surface area (Å²) in [4.78, 5) is 37.2. The number of carbonyl (C=O) groups is 3. The van der Waals surface area contributed by atoms with Crippen LogP contribution in [-0.4, -0.2) is 82.3 Å². The Morgan fingerprint density at radius 2 is 0.770 bits per heavy atom. The van der Waals surface area contributed by atoms with E-state index in [2.05, 4.69) is 98.9 Å². The Hall–Kier alpha value is -3.53. The van der Waals surface area contributed by atoms with Gasteiger partial charge in [-0.05, 0) is 70.6 Å². The van der Waals surface area contributed by atoms with Crippen molar-refractivity contribution in [2.45, 2.75) is 264 Å². The Morgan fingerprint density at radius 3 is 1.15 bits per heavy atom. The van der Waals surface area contributed by atoms with Crippen LogP contribution >= 0.6 is 0 Å². The van der Waals surface area contributed by atoms with E-state index in [9.17, 15) is 19.5 Å². The van der Waals surface area contributed by atoms with Crippen LogP contribution in [0.1, 0.15) is 251 Å². The van der Waals surface area contributed by atoms with Gasteiger partial charge in [0.2, 0.25) is 0 Å². The summed E-state index contributed by atoms with van der Waals surface area (Å²) in [6.45, 7) is 4.64. The first-order valence-electron chi connectivity index (χ1n) is 30.2. The third-order valence-corrected chi connectivity index (χ3v) is 12.9. The van der Waals surface area contributed by atoms with E-state index in [0.717, 1.165) is 83.5 Å². The van der Waals surface area contributed by atoms with Gasteiger partial charge in [-0.15, -0.1) is 0 Å². The Morgan fingerprint density at radius 1 is 0.419 bits per heavy atom. The number of unbranched alkanes of at least 4 members (excludes halogenated alkanes) is 26. The molecule has 0 saturated heterocycles. The zero-order valence-corrected chi connectivity index (χ0v) is 48.4. The van der Waals surface area contributed by atoms with Gasteiger partial charge >= 0.3 is 11.9 Å². The number of carboxylic acids is 1. The lowest BCUT2D eigenvalue weighted by Crippen LogP contribution is -2.44. The number of hydrogen-bond donors (Lipinski definition) is 0. The number of allylic oxidation sites excluding steroid dienone is 14. The lowest BCUT2D eigenvalue weighted by molar-refractivity contribution is -0.870. The van der Waals surface area contributed by atoms with Gasteiger partial charge < -0.3 is 33.3 Å². The molecule has 0 radical (unpaired) electrons. The molecular formula is C65H113NO8. The quantitative estimate of drug-likeness (QED) is 0.0195. The standard InChI is InChI=1S/C65H113NO8/c1-6-8-10-12-14-16-18-20-21-22-23-24-25-26-27-28-29-30-31-32-33-34-35-36-37-38-39-40-41-42-43-44-46-48-50-52-54-56-63(68)74-61(60-73-65(64(69)70)71-58-57-66(3,4)5)59-72-62(67)55-53-51-49-47-45-19-17-15-13-11-9-7-2/h8,10,14,16,20-21,23-24,26-27,29-30,32-33,61,65H,6-7,9,11-13,15,17-19,22,25,28,31,34-60H2,1-5H3/b10-8-,16-14-,21-20-,24-23-,27-26-,30-29-,33-32-. The third kappa shape index (κ3) is 56.2. The minimum Gasteiger partial charge on any atom is -0.545 e. The van der Waals surface area contributed by atoms with E-state index in [1.54, 1.807) is 0 Å². The summed E-state index contributed by atoms with van der Waals surface area (Å²) in [5.41, 5.74) is 0. The van der Waals surface area contributed by atoms with Crippen LogP contribution in [0, 0.1) is 0 Å².